The van der Waals surface area contributed by atoms with Crippen LogP contribution in [0.5, 0.6) is 0 Å². The average molecular weight is 432 g/mol. The quantitative estimate of drug-likeness (QED) is 0.429. The first kappa shape index (κ1) is 20.9. The first-order valence-electron chi connectivity index (χ1n) is 10.2. The first-order chi connectivity index (χ1) is 15.0. The minimum Gasteiger partial charge on any atom is -0.467 e. The van der Waals surface area contributed by atoms with Crippen LogP contribution in [0.4, 0.5) is 0 Å². The number of pyridine rings is 1. The number of nitrogens with zero attached hydrogens (tertiary/aromatic N) is 1. The van der Waals surface area contributed by atoms with Crippen LogP contribution in [0.1, 0.15) is 28.0 Å². The molecule has 0 fully saturated rings. The van der Waals surface area contributed by atoms with Crippen LogP contribution in [0, 0.1) is 13.8 Å². The van der Waals surface area contributed by atoms with Gasteiger partial charge in [-0.05, 0) is 66.3 Å². The molecule has 4 rings (SSSR count). The van der Waals surface area contributed by atoms with Crippen molar-refractivity contribution in [1.29, 1.82) is 0 Å². The van der Waals surface area contributed by atoms with E-state index in [2.05, 4.69) is 16.4 Å². The average Bonchev–Trinajstić information content (AvgIpc) is 3.29. The lowest BCUT2D eigenvalue weighted by atomic mass is 10.0. The normalized spacial score (nSPS) is 10.9. The van der Waals surface area contributed by atoms with Gasteiger partial charge in [-0.15, -0.1) is 0 Å². The van der Waals surface area contributed by atoms with E-state index in [0.717, 1.165) is 33.4 Å². The van der Waals surface area contributed by atoms with Crippen LogP contribution in [0.15, 0.2) is 76.1 Å². The summed E-state index contributed by atoms with van der Waals surface area (Å²) in [6, 6.07) is 19.9. The highest BCUT2D eigenvalue weighted by atomic mass is 32.1. The standard InChI is InChI=1S/C25H25N3O2S/c1-17-10-11-20-13-21(24(29)27-23(20)18(17)2)15-28(16-22-9-6-12-30-22)25(31)26-14-19-7-4-3-5-8-19/h3-13H,14-16H2,1-2H3,(H,26,31)(H,27,29). The fraction of sp³-hybridized carbons (Fsp3) is 0.200. The van der Waals surface area contributed by atoms with Gasteiger partial charge in [-0.3, -0.25) is 4.79 Å². The number of furan rings is 1. The van der Waals surface area contributed by atoms with E-state index in [4.69, 9.17) is 16.6 Å². The lowest BCUT2D eigenvalue weighted by Gasteiger charge is -2.25. The van der Waals surface area contributed by atoms with Crippen LogP contribution in [-0.2, 0) is 19.6 Å². The number of thiocarbonyl (C=S) groups is 1. The molecule has 158 valence electrons. The number of aryl methyl sites for hydroxylation is 2. The Bertz CT molecular complexity index is 1250. The second kappa shape index (κ2) is 9.18. The molecule has 0 bridgehead atoms. The zero-order valence-corrected chi connectivity index (χ0v) is 18.5. The second-order valence-corrected chi connectivity index (χ2v) is 8.06. The fourth-order valence-electron chi connectivity index (χ4n) is 3.57. The maximum atomic E-state index is 12.9. The Morgan fingerprint density at radius 2 is 1.87 bits per heavy atom. The Labute approximate surface area is 186 Å². The van der Waals surface area contributed by atoms with E-state index in [-0.39, 0.29) is 5.56 Å². The molecule has 31 heavy (non-hydrogen) atoms. The molecule has 0 aliphatic heterocycles. The molecule has 2 heterocycles. The van der Waals surface area contributed by atoms with Crippen LogP contribution >= 0.6 is 12.2 Å². The van der Waals surface area contributed by atoms with Crippen molar-refractivity contribution in [2.24, 2.45) is 0 Å². The summed E-state index contributed by atoms with van der Waals surface area (Å²) in [5.74, 6) is 0.785. The van der Waals surface area contributed by atoms with Gasteiger partial charge in [-0.1, -0.05) is 42.5 Å². The highest BCUT2D eigenvalue weighted by molar-refractivity contribution is 7.80. The van der Waals surface area contributed by atoms with Gasteiger partial charge in [0.1, 0.15) is 5.76 Å². The largest absolute Gasteiger partial charge is 0.467 e. The third-order valence-electron chi connectivity index (χ3n) is 5.49. The van der Waals surface area contributed by atoms with Gasteiger partial charge in [0.15, 0.2) is 5.11 Å². The van der Waals surface area contributed by atoms with Gasteiger partial charge in [0, 0.05) is 12.1 Å². The molecule has 0 radical (unpaired) electrons. The van der Waals surface area contributed by atoms with Crippen LogP contribution < -0.4 is 10.9 Å². The minimum absolute atomic E-state index is 0.100. The zero-order valence-electron chi connectivity index (χ0n) is 17.6. The van der Waals surface area contributed by atoms with Crippen LogP contribution in [-0.4, -0.2) is 15.0 Å². The molecule has 6 heteroatoms. The number of H-pyrrole nitrogens is 1. The van der Waals surface area contributed by atoms with Crippen molar-refractivity contribution in [3.63, 3.8) is 0 Å². The third-order valence-corrected chi connectivity index (χ3v) is 5.89. The number of nitrogens with one attached hydrogen (secondary N) is 2. The molecule has 0 saturated heterocycles. The zero-order chi connectivity index (χ0) is 21.8. The SMILES string of the molecule is Cc1ccc2cc(CN(Cc3ccco3)C(=S)NCc3ccccc3)c(=O)[nH]c2c1C. The first-order valence-corrected chi connectivity index (χ1v) is 10.6. The number of aromatic nitrogens is 1. The van der Waals surface area contributed by atoms with Crippen LogP contribution in [0.25, 0.3) is 10.9 Å². The van der Waals surface area contributed by atoms with E-state index >= 15 is 0 Å². The molecular weight excluding hydrogens is 406 g/mol. The highest BCUT2D eigenvalue weighted by Gasteiger charge is 2.16. The number of hydrogen-bond acceptors (Lipinski definition) is 3. The van der Waals surface area contributed by atoms with Crippen molar-refractivity contribution in [3.8, 4) is 0 Å². The lowest BCUT2D eigenvalue weighted by Crippen LogP contribution is -2.39. The Morgan fingerprint density at radius 3 is 2.61 bits per heavy atom. The maximum absolute atomic E-state index is 12.9. The number of hydrogen-bond donors (Lipinski definition) is 2. The van der Waals surface area contributed by atoms with Crippen LogP contribution in [0.3, 0.4) is 0 Å². The molecule has 0 amide bonds. The summed E-state index contributed by atoms with van der Waals surface area (Å²) in [6.45, 7) is 5.53. The molecule has 0 unspecified atom stereocenters. The summed E-state index contributed by atoms with van der Waals surface area (Å²) < 4.78 is 5.53. The monoisotopic (exact) mass is 431 g/mol. The summed E-state index contributed by atoms with van der Waals surface area (Å²) in [7, 11) is 0. The van der Waals surface area contributed by atoms with Gasteiger partial charge in [0.25, 0.3) is 5.56 Å². The van der Waals surface area contributed by atoms with E-state index in [9.17, 15) is 4.79 Å². The Balaban J connectivity index is 1.59. The fourth-order valence-corrected chi connectivity index (χ4v) is 3.77. The predicted octanol–water partition coefficient (Wildman–Crippen LogP) is 4.81. The van der Waals surface area contributed by atoms with Crippen LogP contribution in [0.2, 0.25) is 0 Å². The van der Waals surface area contributed by atoms with Crippen molar-refractivity contribution in [1.82, 2.24) is 15.2 Å². The lowest BCUT2D eigenvalue weighted by molar-refractivity contribution is 0.350. The van der Waals surface area contributed by atoms with E-state index in [0.29, 0.717) is 30.3 Å². The molecule has 0 aliphatic carbocycles. The number of rotatable bonds is 6. The maximum Gasteiger partial charge on any atom is 0.253 e. The molecule has 2 N–H and O–H groups in total. The van der Waals surface area contributed by atoms with Crippen molar-refractivity contribution < 1.29 is 4.42 Å². The predicted molar refractivity (Wildman–Crippen MR) is 128 cm³/mol. The van der Waals surface area contributed by atoms with E-state index in [1.54, 1.807) is 6.26 Å². The van der Waals surface area contributed by atoms with Gasteiger partial charge in [-0.2, -0.15) is 0 Å². The van der Waals surface area contributed by atoms with Crippen molar-refractivity contribution in [2.45, 2.75) is 33.5 Å². The summed E-state index contributed by atoms with van der Waals surface area (Å²) >= 11 is 5.68. The molecule has 2 aromatic carbocycles. The Morgan fingerprint density at radius 1 is 1.06 bits per heavy atom. The van der Waals surface area contributed by atoms with Gasteiger partial charge >= 0.3 is 0 Å². The molecule has 0 spiro atoms. The molecule has 0 atom stereocenters. The topological polar surface area (TPSA) is 61.3 Å². The molecule has 5 nitrogen and oxygen atoms in total. The summed E-state index contributed by atoms with van der Waals surface area (Å²) in [4.78, 5) is 17.9. The van der Waals surface area contributed by atoms with Gasteiger partial charge in [0.2, 0.25) is 0 Å². The molecule has 0 aliphatic rings. The third kappa shape index (κ3) is 4.86. The van der Waals surface area contributed by atoms with E-state index < -0.39 is 0 Å². The molecular formula is C25H25N3O2S. The van der Waals surface area contributed by atoms with Crippen molar-refractivity contribution in [2.75, 3.05) is 0 Å². The molecule has 0 saturated carbocycles. The van der Waals surface area contributed by atoms with Crippen molar-refractivity contribution in [3.05, 3.63) is 105 Å². The van der Waals surface area contributed by atoms with Gasteiger partial charge in [0.05, 0.1) is 24.9 Å². The van der Waals surface area contributed by atoms with Gasteiger partial charge in [-0.25, -0.2) is 0 Å². The summed E-state index contributed by atoms with van der Waals surface area (Å²) in [5, 5.41) is 4.89. The van der Waals surface area contributed by atoms with Gasteiger partial charge < -0.3 is 19.6 Å². The van der Waals surface area contributed by atoms with Crippen molar-refractivity contribution >= 4 is 28.2 Å². The number of benzene rings is 2. The molecule has 2 aromatic heterocycles. The highest BCUT2D eigenvalue weighted by Crippen LogP contribution is 2.20. The Kier molecular flexibility index (Phi) is 6.18. The van der Waals surface area contributed by atoms with E-state index in [1.807, 2.05) is 73.3 Å². The number of fused-ring (bicyclic) bond motifs is 1. The second-order valence-electron chi connectivity index (χ2n) is 7.68. The Hall–Kier alpha value is -3.38. The molecule has 4 aromatic rings. The summed E-state index contributed by atoms with van der Waals surface area (Å²) in [6.07, 6.45) is 1.64. The van der Waals surface area contributed by atoms with E-state index in [1.165, 1.54) is 0 Å². The summed E-state index contributed by atoms with van der Waals surface area (Å²) in [5.41, 5.74) is 4.83. The minimum atomic E-state index is -0.100. The smallest absolute Gasteiger partial charge is 0.253 e. The number of aromatic amines is 1.